The summed E-state index contributed by atoms with van der Waals surface area (Å²) in [6.07, 6.45) is 0. The summed E-state index contributed by atoms with van der Waals surface area (Å²) >= 11 is 1.79. The first-order valence-electron chi connectivity index (χ1n) is 6.58. The van der Waals surface area contributed by atoms with Crippen LogP contribution in [0.5, 0.6) is 0 Å². The van der Waals surface area contributed by atoms with E-state index >= 15 is 0 Å². The molecule has 0 spiro atoms. The van der Waals surface area contributed by atoms with E-state index in [-0.39, 0.29) is 17.9 Å². The second-order valence-corrected chi connectivity index (χ2v) is 6.02. The van der Waals surface area contributed by atoms with Crippen molar-refractivity contribution >= 4 is 11.8 Å². The number of rotatable bonds is 3. The zero-order valence-electron chi connectivity index (χ0n) is 11.1. The first kappa shape index (κ1) is 13.6. The third kappa shape index (κ3) is 2.58. The lowest BCUT2D eigenvalue weighted by Crippen LogP contribution is -2.25. The van der Waals surface area contributed by atoms with E-state index in [9.17, 15) is 8.78 Å². The van der Waals surface area contributed by atoms with E-state index in [0.29, 0.717) is 5.56 Å². The van der Waals surface area contributed by atoms with Crippen molar-refractivity contribution in [3.05, 3.63) is 65.2 Å². The van der Waals surface area contributed by atoms with Gasteiger partial charge in [0.25, 0.3) is 0 Å². The van der Waals surface area contributed by atoms with Crippen molar-refractivity contribution in [1.82, 2.24) is 5.32 Å². The van der Waals surface area contributed by atoms with E-state index in [1.54, 1.807) is 11.8 Å². The third-order valence-corrected chi connectivity index (χ3v) is 4.76. The molecule has 2 aromatic carbocycles. The van der Waals surface area contributed by atoms with Gasteiger partial charge in [-0.25, -0.2) is 8.78 Å². The lowest BCUT2D eigenvalue weighted by Gasteiger charge is -2.20. The molecule has 0 aromatic heterocycles. The molecular formula is C16H15F2NS. The van der Waals surface area contributed by atoms with Gasteiger partial charge in [-0.2, -0.15) is 0 Å². The predicted octanol–water partition coefficient (Wildman–Crippen LogP) is 4.46. The molecular weight excluding hydrogens is 276 g/mol. The van der Waals surface area contributed by atoms with E-state index in [1.165, 1.54) is 22.6 Å². The Labute approximate surface area is 121 Å². The van der Waals surface area contributed by atoms with Gasteiger partial charge in [-0.05, 0) is 36.8 Å². The molecule has 0 radical (unpaired) electrons. The second-order valence-electron chi connectivity index (χ2n) is 4.96. The van der Waals surface area contributed by atoms with E-state index in [2.05, 4.69) is 17.4 Å². The number of hydrogen-bond donors (Lipinski definition) is 1. The SMILES string of the molecule is CC(NC1CSc2ccccc21)c1cc(F)ccc1F. The minimum Gasteiger partial charge on any atom is -0.302 e. The first-order valence-corrected chi connectivity index (χ1v) is 7.56. The van der Waals surface area contributed by atoms with E-state index in [4.69, 9.17) is 0 Å². The van der Waals surface area contributed by atoms with Crippen LogP contribution in [0.1, 0.15) is 30.1 Å². The van der Waals surface area contributed by atoms with Gasteiger partial charge in [-0.3, -0.25) is 0 Å². The molecule has 1 nitrogen and oxygen atoms in total. The molecule has 4 heteroatoms. The van der Waals surface area contributed by atoms with E-state index in [1.807, 2.05) is 19.1 Å². The summed E-state index contributed by atoms with van der Waals surface area (Å²) in [5, 5.41) is 3.39. The maximum absolute atomic E-state index is 13.8. The molecule has 1 aliphatic heterocycles. The summed E-state index contributed by atoms with van der Waals surface area (Å²) in [5.41, 5.74) is 1.61. The first-order chi connectivity index (χ1) is 9.65. The van der Waals surface area contributed by atoms with E-state index in [0.717, 1.165) is 11.8 Å². The highest BCUT2D eigenvalue weighted by Crippen LogP contribution is 2.39. The van der Waals surface area contributed by atoms with Gasteiger partial charge in [0.1, 0.15) is 11.6 Å². The largest absolute Gasteiger partial charge is 0.302 e. The molecule has 2 atom stereocenters. The Kier molecular flexibility index (Phi) is 3.76. The van der Waals surface area contributed by atoms with E-state index < -0.39 is 5.82 Å². The molecule has 2 aromatic rings. The molecule has 0 bridgehead atoms. The molecule has 2 unspecified atom stereocenters. The molecule has 3 rings (SSSR count). The van der Waals surface area contributed by atoms with Crippen molar-refractivity contribution < 1.29 is 8.78 Å². The van der Waals surface area contributed by atoms with Crippen LogP contribution in [0.3, 0.4) is 0 Å². The maximum atomic E-state index is 13.8. The van der Waals surface area contributed by atoms with Gasteiger partial charge < -0.3 is 5.32 Å². The Bertz CT molecular complexity index is 630. The van der Waals surface area contributed by atoms with Gasteiger partial charge in [-0.15, -0.1) is 11.8 Å². The van der Waals surface area contributed by atoms with Crippen molar-refractivity contribution in [3.63, 3.8) is 0 Å². The number of nitrogens with one attached hydrogen (secondary N) is 1. The zero-order chi connectivity index (χ0) is 14.1. The summed E-state index contributed by atoms with van der Waals surface area (Å²) in [7, 11) is 0. The fourth-order valence-electron chi connectivity index (χ4n) is 2.54. The minimum absolute atomic E-state index is 0.175. The highest BCUT2D eigenvalue weighted by atomic mass is 32.2. The van der Waals surface area contributed by atoms with Gasteiger partial charge in [0, 0.05) is 28.3 Å². The normalized spacial score (nSPS) is 18.9. The van der Waals surface area contributed by atoms with Crippen LogP contribution in [-0.4, -0.2) is 5.75 Å². The molecule has 104 valence electrons. The van der Waals surface area contributed by atoms with Crippen molar-refractivity contribution in [2.24, 2.45) is 0 Å². The van der Waals surface area contributed by atoms with Crippen molar-refractivity contribution in [2.45, 2.75) is 23.9 Å². The molecule has 1 heterocycles. The third-order valence-electron chi connectivity index (χ3n) is 3.58. The Hall–Kier alpha value is -1.39. The Morgan fingerprint density at radius 1 is 1.20 bits per heavy atom. The average Bonchev–Trinajstić information content (AvgIpc) is 2.85. The fourth-order valence-corrected chi connectivity index (χ4v) is 3.71. The van der Waals surface area contributed by atoms with Crippen LogP contribution in [0, 0.1) is 11.6 Å². The zero-order valence-corrected chi connectivity index (χ0v) is 11.9. The highest BCUT2D eigenvalue weighted by molar-refractivity contribution is 7.99. The number of thioether (sulfide) groups is 1. The Balaban J connectivity index is 1.80. The van der Waals surface area contributed by atoms with Crippen LogP contribution < -0.4 is 5.32 Å². The van der Waals surface area contributed by atoms with Gasteiger partial charge in [0.05, 0.1) is 0 Å². The summed E-state index contributed by atoms with van der Waals surface area (Å²) in [4.78, 5) is 1.26. The molecule has 1 aliphatic rings. The number of halogens is 2. The molecule has 0 aliphatic carbocycles. The number of benzene rings is 2. The van der Waals surface area contributed by atoms with Gasteiger partial charge >= 0.3 is 0 Å². The molecule has 0 amide bonds. The summed E-state index contributed by atoms with van der Waals surface area (Å²) in [6, 6.07) is 11.7. The topological polar surface area (TPSA) is 12.0 Å². The fraction of sp³-hybridized carbons (Fsp3) is 0.250. The van der Waals surface area contributed by atoms with Crippen LogP contribution in [0.15, 0.2) is 47.4 Å². The molecule has 20 heavy (non-hydrogen) atoms. The molecule has 0 saturated heterocycles. The van der Waals surface area contributed by atoms with Crippen LogP contribution in [0.25, 0.3) is 0 Å². The smallest absolute Gasteiger partial charge is 0.128 e. The summed E-state index contributed by atoms with van der Waals surface area (Å²) < 4.78 is 27.0. The predicted molar refractivity (Wildman–Crippen MR) is 77.8 cm³/mol. The van der Waals surface area contributed by atoms with Gasteiger partial charge in [0.15, 0.2) is 0 Å². The highest BCUT2D eigenvalue weighted by Gasteiger charge is 2.25. The van der Waals surface area contributed by atoms with Gasteiger partial charge in [0.2, 0.25) is 0 Å². The maximum Gasteiger partial charge on any atom is 0.128 e. The van der Waals surface area contributed by atoms with Crippen LogP contribution in [0.2, 0.25) is 0 Å². The lowest BCUT2D eigenvalue weighted by molar-refractivity contribution is 0.474. The Morgan fingerprint density at radius 3 is 2.85 bits per heavy atom. The van der Waals surface area contributed by atoms with Crippen LogP contribution in [-0.2, 0) is 0 Å². The number of hydrogen-bond acceptors (Lipinski definition) is 2. The monoisotopic (exact) mass is 291 g/mol. The van der Waals surface area contributed by atoms with Crippen LogP contribution >= 0.6 is 11.8 Å². The Morgan fingerprint density at radius 2 is 2.00 bits per heavy atom. The summed E-state index contributed by atoms with van der Waals surface area (Å²) in [5.74, 6) is 0.141. The molecule has 0 fully saturated rings. The average molecular weight is 291 g/mol. The lowest BCUT2D eigenvalue weighted by atomic mass is 10.0. The van der Waals surface area contributed by atoms with Crippen molar-refractivity contribution in [1.29, 1.82) is 0 Å². The molecule has 0 saturated carbocycles. The minimum atomic E-state index is -0.406. The van der Waals surface area contributed by atoms with Crippen molar-refractivity contribution in [3.8, 4) is 0 Å². The quantitative estimate of drug-likeness (QED) is 0.896. The summed E-state index contributed by atoms with van der Waals surface area (Å²) in [6.45, 7) is 1.86. The van der Waals surface area contributed by atoms with Crippen LogP contribution in [0.4, 0.5) is 8.78 Å². The second kappa shape index (κ2) is 5.54. The number of fused-ring (bicyclic) bond motifs is 1. The van der Waals surface area contributed by atoms with Crippen molar-refractivity contribution in [2.75, 3.05) is 5.75 Å². The van der Waals surface area contributed by atoms with Gasteiger partial charge in [-0.1, -0.05) is 18.2 Å². The molecule has 1 N–H and O–H groups in total. The standard InChI is InChI=1S/C16H15F2NS/c1-10(13-8-11(17)6-7-14(13)18)19-15-9-20-16-5-3-2-4-12(15)16/h2-8,10,15,19H,9H2,1H3.